The quantitative estimate of drug-likeness (QED) is 0.541. The van der Waals surface area contributed by atoms with Crippen LogP contribution in [0.15, 0.2) is 66.7 Å². The molecule has 3 heteroatoms. The van der Waals surface area contributed by atoms with Gasteiger partial charge in [0.25, 0.3) is 5.91 Å². The summed E-state index contributed by atoms with van der Waals surface area (Å²) < 4.78 is 13.0. The normalized spacial score (nSPS) is 10.6. The first kappa shape index (κ1) is 18.8. The van der Waals surface area contributed by atoms with E-state index in [1.807, 2.05) is 24.3 Å². The SMILES string of the molecule is CCCCc1ccc(NC(=O)c2ccc(-c3ccc(F)cc3)cc2)cc1C. The van der Waals surface area contributed by atoms with Crippen LogP contribution in [0, 0.1) is 12.7 Å². The summed E-state index contributed by atoms with van der Waals surface area (Å²) in [6.07, 6.45) is 3.42. The van der Waals surface area contributed by atoms with Gasteiger partial charge in [-0.15, -0.1) is 0 Å². The Hall–Kier alpha value is -2.94. The molecule has 0 aliphatic rings. The molecule has 0 unspecified atom stereocenters. The van der Waals surface area contributed by atoms with Crippen LogP contribution in [0.4, 0.5) is 10.1 Å². The van der Waals surface area contributed by atoms with Gasteiger partial charge < -0.3 is 5.32 Å². The summed E-state index contributed by atoms with van der Waals surface area (Å²) in [5, 5.41) is 2.96. The molecule has 3 aromatic rings. The fourth-order valence-electron chi connectivity index (χ4n) is 3.08. The number of aryl methyl sites for hydroxylation is 2. The van der Waals surface area contributed by atoms with Crippen molar-refractivity contribution in [3.05, 3.63) is 89.2 Å². The van der Waals surface area contributed by atoms with Gasteiger partial charge in [0.15, 0.2) is 0 Å². The first-order chi connectivity index (χ1) is 13.1. The lowest BCUT2D eigenvalue weighted by Gasteiger charge is -2.10. The topological polar surface area (TPSA) is 29.1 Å². The molecule has 0 bridgehead atoms. The molecular weight excluding hydrogens is 337 g/mol. The Morgan fingerprint density at radius 1 is 0.926 bits per heavy atom. The van der Waals surface area contributed by atoms with Gasteiger partial charge in [-0.05, 0) is 78.4 Å². The molecular formula is C24H24FNO. The molecule has 3 rings (SSSR count). The summed E-state index contributed by atoms with van der Waals surface area (Å²) >= 11 is 0. The predicted octanol–water partition coefficient (Wildman–Crippen LogP) is 6.40. The second kappa shape index (κ2) is 8.63. The number of amides is 1. The molecule has 1 N–H and O–H groups in total. The minimum atomic E-state index is -0.259. The number of benzene rings is 3. The number of nitrogens with one attached hydrogen (secondary N) is 1. The van der Waals surface area contributed by atoms with Gasteiger partial charge >= 0.3 is 0 Å². The number of anilines is 1. The molecule has 0 saturated heterocycles. The molecule has 0 fully saturated rings. The number of carbonyl (C=O) groups is 1. The first-order valence-corrected chi connectivity index (χ1v) is 9.33. The first-order valence-electron chi connectivity index (χ1n) is 9.33. The molecule has 0 spiro atoms. The van der Waals surface area contributed by atoms with Crippen LogP contribution in [0.1, 0.15) is 41.3 Å². The van der Waals surface area contributed by atoms with Gasteiger partial charge in [-0.25, -0.2) is 4.39 Å². The molecule has 0 saturated carbocycles. The maximum absolute atomic E-state index is 13.0. The Kier molecular flexibility index (Phi) is 6.02. The van der Waals surface area contributed by atoms with Gasteiger partial charge in [0.2, 0.25) is 0 Å². The Morgan fingerprint density at radius 3 is 2.15 bits per heavy atom. The molecule has 0 heterocycles. The van der Waals surface area contributed by atoms with E-state index >= 15 is 0 Å². The maximum atomic E-state index is 13.0. The molecule has 27 heavy (non-hydrogen) atoms. The van der Waals surface area contributed by atoms with Crippen molar-refractivity contribution in [2.75, 3.05) is 5.32 Å². The Morgan fingerprint density at radius 2 is 1.56 bits per heavy atom. The summed E-state index contributed by atoms with van der Waals surface area (Å²) in [6.45, 7) is 4.27. The summed E-state index contributed by atoms with van der Waals surface area (Å²) in [7, 11) is 0. The zero-order valence-corrected chi connectivity index (χ0v) is 15.8. The number of halogens is 1. The Balaban J connectivity index is 1.69. The molecule has 138 valence electrons. The molecule has 0 atom stereocenters. The second-order valence-corrected chi connectivity index (χ2v) is 6.78. The minimum absolute atomic E-state index is 0.138. The molecule has 1 amide bonds. The molecule has 0 aromatic heterocycles. The van der Waals surface area contributed by atoms with E-state index in [1.165, 1.54) is 36.1 Å². The van der Waals surface area contributed by atoms with E-state index in [-0.39, 0.29) is 11.7 Å². The number of carbonyl (C=O) groups excluding carboxylic acids is 1. The maximum Gasteiger partial charge on any atom is 0.255 e. The third kappa shape index (κ3) is 4.82. The third-order valence-corrected chi connectivity index (χ3v) is 4.72. The van der Waals surface area contributed by atoms with Gasteiger partial charge in [0, 0.05) is 11.3 Å². The highest BCUT2D eigenvalue weighted by Gasteiger charge is 2.08. The van der Waals surface area contributed by atoms with Crippen LogP contribution in [0.3, 0.4) is 0 Å². The van der Waals surface area contributed by atoms with Crippen molar-refractivity contribution in [3.63, 3.8) is 0 Å². The Bertz CT molecular complexity index is 914. The summed E-state index contributed by atoms with van der Waals surface area (Å²) in [5.41, 5.74) is 5.80. The van der Waals surface area contributed by atoms with E-state index in [4.69, 9.17) is 0 Å². The lowest BCUT2D eigenvalue weighted by Crippen LogP contribution is -2.12. The molecule has 2 nitrogen and oxygen atoms in total. The highest BCUT2D eigenvalue weighted by Crippen LogP contribution is 2.21. The van der Waals surface area contributed by atoms with Gasteiger partial charge in [-0.3, -0.25) is 4.79 Å². The fourth-order valence-corrected chi connectivity index (χ4v) is 3.08. The standard InChI is InChI=1S/C24H24FNO/c1-3-4-5-18-12-15-23(16-17(18)2)26-24(27)21-8-6-19(7-9-21)20-10-13-22(25)14-11-20/h6-16H,3-5H2,1-2H3,(H,26,27). The zero-order valence-electron chi connectivity index (χ0n) is 15.8. The average Bonchev–Trinajstić information content (AvgIpc) is 2.68. The lowest BCUT2D eigenvalue weighted by molar-refractivity contribution is 0.102. The van der Waals surface area contributed by atoms with E-state index in [1.54, 1.807) is 24.3 Å². The Labute approximate surface area is 160 Å². The highest BCUT2D eigenvalue weighted by atomic mass is 19.1. The van der Waals surface area contributed by atoms with Gasteiger partial charge in [0.1, 0.15) is 5.82 Å². The van der Waals surface area contributed by atoms with Crippen LogP contribution in [-0.4, -0.2) is 5.91 Å². The van der Waals surface area contributed by atoms with E-state index in [0.29, 0.717) is 5.56 Å². The smallest absolute Gasteiger partial charge is 0.255 e. The average molecular weight is 361 g/mol. The van der Waals surface area contributed by atoms with Gasteiger partial charge in [-0.1, -0.05) is 43.7 Å². The summed E-state index contributed by atoms with van der Waals surface area (Å²) in [5.74, 6) is -0.396. The van der Waals surface area contributed by atoms with Crippen molar-refractivity contribution in [1.29, 1.82) is 0 Å². The van der Waals surface area contributed by atoms with E-state index in [0.717, 1.165) is 23.2 Å². The van der Waals surface area contributed by atoms with Crippen LogP contribution >= 0.6 is 0 Å². The van der Waals surface area contributed by atoms with Gasteiger partial charge in [-0.2, -0.15) is 0 Å². The molecule has 0 radical (unpaired) electrons. The van der Waals surface area contributed by atoms with E-state index < -0.39 is 0 Å². The number of unbranched alkanes of at least 4 members (excludes halogenated alkanes) is 1. The van der Waals surface area contributed by atoms with Crippen molar-refractivity contribution in [2.24, 2.45) is 0 Å². The van der Waals surface area contributed by atoms with Crippen LogP contribution in [0.5, 0.6) is 0 Å². The van der Waals surface area contributed by atoms with Crippen molar-refractivity contribution >= 4 is 11.6 Å². The van der Waals surface area contributed by atoms with Crippen LogP contribution < -0.4 is 5.32 Å². The number of hydrogen-bond acceptors (Lipinski definition) is 1. The highest BCUT2D eigenvalue weighted by molar-refractivity contribution is 6.04. The zero-order chi connectivity index (χ0) is 19.2. The van der Waals surface area contributed by atoms with Crippen LogP contribution in [0.2, 0.25) is 0 Å². The van der Waals surface area contributed by atoms with E-state index in [2.05, 4.69) is 25.2 Å². The minimum Gasteiger partial charge on any atom is -0.322 e. The van der Waals surface area contributed by atoms with Crippen molar-refractivity contribution < 1.29 is 9.18 Å². The molecule has 0 aliphatic heterocycles. The molecule has 3 aromatic carbocycles. The summed E-state index contributed by atoms with van der Waals surface area (Å²) in [4.78, 5) is 12.5. The lowest BCUT2D eigenvalue weighted by atomic mass is 10.0. The van der Waals surface area contributed by atoms with Crippen molar-refractivity contribution in [2.45, 2.75) is 33.1 Å². The largest absolute Gasteiger partial charge is 0.322 e. The number of hydrogen-bond donors (Lipinski definition) is 1. The van der Waals surface area contributed by atoms with E-state index in [9.17, 15) is 9.18 Å². The fraction of sp³-hybridized carbons (Fsp3) is 0.208. The summed E-state index contributed by atoms with van der Waals surface area (Å²) in [6, 6.07) is 19.7. The third-order valence-electron chi connectivity index (χ3n) is 4.72. The second-order valence-electron chi connectivity index (χ2n) is 6.78. The van der Waals surface area contributed by atoms with Crippen molar-refractivity contribution in [1.82, 2.24) is 0 Å². The van der Waals surface area contributed by atoms with Crippen molar-refractivity contribution in [3.8, 4) is 11.1 Å². The van der Waals surface area contributed by atoms with Gasteiger partial charge in [0.05, 0.1) is 0 Å². The number of rotatable bonds is 6. The van der Waals surface area contributed by atoms with Crippen LogP contribution in [0.25, 0.3) is 11.1 Å². The predicted molar refractivity (Wildman–Crippen MR) is 110 cm³/mol. The molecule has 0 aliphatic carbocycles. The van der Waals surface area contributed by atoms with Crippen LogP contribution in [-0.2, 0) is 6.42 Å². The monoisotopic (exact) mass is 361 g/mol.